The summed E-state index contributed by atoms with van der Waals surface area (Å²) < 4.78 is 3.83. The summed E-state index contributed by atoms with van der Waals surface area (Å²) in [6.07, 6.45) is 2.32. The number of aromatic amines is 1. The van der Waals surface area contributed by atoms with Crippen molar-refractivity contribution in [2.45, 2.75) is 25.6 Å². The molecule has 4 heterocycles. The Morgan fingerprint density at radius 3 is 2.96 bits per heavy atom. The summed E-state index contributed by atoms with van der Waals surface area (Å²) in [7, 11) is 0. The number of rotatable bonds is 4. The van der Waals surface area contributed by atoms with Crippen LogP contribution < -0.4 is 0 Å². The van der Waals surface area contributed by atoms with Crippen molar-refractivity contribution < 1.29 is 0 Å². The van der Waals surface area contributed by atoms with E-state index in [1.54, 1.807) is 22.7 Å². The lowest BCUT2D eigenvalue weighted by Gasteiger charge is -2.22. The number of nitrogens with zero attached hydrogens (tertiary/aromatic N) is 4. The van der Waals surface area contributed by atoms with Gasteiger partial charge in [-0.15, -0.1) is 22.7 Å². The first-order chi connectivity index (χ1) is 12.8. The molecule has 0 saturated carbocycles. The van der Waals surface area contributed by atoms with E-state index in [4.69, 9.17) is 17.2 Å². The van der Waals surface area contributed by atoms with E-state index in [0.29, 0.717) is 10.8 Å². The quantitative estimate of drug-likeness (QED) is 0.487. The van der Waals surface area contributed by atoms with Crippen LogP contribution in [0.4, 0.5) is 0 Å². The van der Waals surface area contributed by atoms with Gasteiger partial charge >= 0.3 is 0 Å². The highest BCUT2D eigenvalue weighted by Crippen LogP contribution is 2.36. The van der Waals surface area contributed by atoms with Crippen LogP contribution in [0.1, 0.15) is 23.9 Å². The van der Waals surface area contributed by atoms with Crippen molar-refractivity contribution >= 4 is 45.1 Å². The summed E-state index contributed by atoms with van der Waals surface area (Å²) in [5, 5.41) is 6.61. The summed E-state index contributed by atoms with van der Waals surface area (Å²) in [4.78, 5) is 13.0. The topological polar surface area (TPSA) is 49.7 Å². The molecule has 1 unspecified atom stereocenters. The third kappa shape index (κ3) is 2.92. The average Bonchev–Trinajstić information content (AvgIpc) is 3.42. The summed E-state index contributed by atoms with van der Waals surface area (Å²) in [6.45, 7) is 1.77. The van der Waals surface area contributed by atoms with Crippen molar-refractivity contribution in [3.63, 3.8) is 0 Å². The average molecular weight is 400 g/mol. The number of likely N-dealkylation sites (tertiary alicyclic amines) is 1. The van der Waals surface area contributed by atoms with Crippen LogP contribution in [-0.2, 0) is 6.67 Å². The highest BCUT2D eigenvalue weighted by molar-refractivity contribution is 7.71. The van der Waals surface area contributed by atoms with E-state index >= 15 is 0 Å². The number of hydrogen-bond acceptors (Lipinski definition) is 6. The first kappa shape index (κ1) is 16.3. The number of benzene rings is 1. The lowest BCUT2D eigenvalue weighted by Crippen LogP contribution is -2.26. The lowest BCUT2D eigenvalue weighted by atomic mass is 10.2. The number of thiophene rings is 1. The molecule has 1 fully saturated rings. The Hall–Kier alpha value is -1.87. The van der Waals surface area contributed by atoms with Crippen LogP contribution >= 0.6 is 34.9 Å². The molecule has 26 heavy (non-hydrogen) atoms. The smallest absolute Gasteiger partial charge is 0.217 e. The van der Waals surface area contributed by atoms with Crippen LogP contribution in [-0.4, -0.2) is 31.2 Å². The fourth-order valence-electron chi connectivity index (χ4n) is 3.47. The number of H-pyrrole nitrogens is 1. The van der Waals surface area contributed by atoms with E-state index < -0.39 is 0 Å². The van der Waals surface area contributed by atoms with Crippen molar-refractivity contribution in [3.8, 4) is 10.7 Å². The Bertz CT molecular complexity index is 1060. The number of aromatic nitrogens is 4. The van der Waals surface area contributed by atoms with Crippen molar-refractivity contribution in [2.75, 3.05) is 6.54 Å². The van der Waals surface area contributed by atoms with Gasteiger partial charge in [0.05, 0.1) is 27.8 Å². The Labute approximate surface area is 163 Å². The van der Waals surface area contributed by atoms with E-state index in [9.17, 15) is 0 Å². The van der Waals surface area contributed by atoms with Gasteiger partial charge in [0.2, 0.25) is 4.77 Å². The van der Waals surface area contributed by atoms with Gasteiger partial charge in [-0.3, -0.25) is 10.00 Å². The molecule has 5 nitrogen and oxygen atoms in total. The fraction of sp³-hybridized carbons (Fsp3) is 0.278. The van der Waals surface area contributed by atoms with Crippen LogP contribution in [0.2, 0.25) is 0 Å². The first-order valence-corrected chi connectivity index (χ1v) is 10.7. The van der Waals surface area contributed by atoms with Gasteiger partial charge in [-0.05, 0) is 48.6 Å². The largest absolute Gasteiger partial charge is 0.277 e. The SMILES string of the molecule is S=c1nc(-c2cccs2)[nH]n1CN1CCCC1c1nc2ccccc2s1. The minimum atomic E-state index is 0.350. The highest BCUT2D eigenvalue weighted by atomic mass is 32.1. The third-order valence-corrected chi connectivity index (χ3v) is 7.04. The van der Waals surface area contributed by atoms with Crippen molar-refractivity contribution in [1.82, 2.24) is 24.6 Å². The van der Waals surface area contributed by atoms with Crippen LogP contribution in [0.3, 0.4) is 0 Å². The van der Waals surface area contributed by atoms with Crippen LogP contribution in [0, 0.1) is 4.77 Å². The van der Waals surface area contributed by atoms with Gasteiger partial charge in [0.15, 0.2) is 5.82 Å². The molecule has 0 aliphatic carbocycles. The molecule has 0 spiro atoms. The second kappa shape index (κ2) is 6.70. The van der Waals surface area contributed by atoms with Gasteiger partial charge in [0.25, 0.3) is 0 Å². The highest BCUT2D eigenvalue weighted by Gasteiger charge is 2.29. The normalized spacial score (nSPS) is 18.1. The van der Waals surface area contributed by atoms with Crippen LogP contribution in [0.25, 0.3) is 20.9 Å². The summed E-state index contributed by atoms with van der Waals surface area (Å²) in [5.41, 5.74) is 1.09. The van der Waals surface area contributed by atoms with E-state index in [1.807, 2.05) is 16.8 Å². The molecule has 0 bridgehead atoms. The van der Waals surface area contributed by atoms with E-state index in [0.717, 1.165) is 35.9 Å². The molecule has 0 amide bonds. The minimum Gasteiger partial charge on any atom is -0.277 e. The van der Waals surface area contributed by atoms with Crippen LogP contribution in [0.5, 0.6) is 0 Å². The second-order valence-electron chi connectivity index (χ2n) is 6.39. The minimum absolute atomic E-state index is 0.350. The maximum absolute atomic E-state index is 5.47. The van der Waals surface area contributed by atoms with Gasteiger partial charge in [-0.1, -0.05) is 18.2 Å². The maximum Gasteiger partial charge on any atom is 0.217 e. The molecule has 132 valence electrons. The first-order valence-electron chi connectivity index (χ1n) is 8.58. The summed E-state index contributed by atoms with van der Waals surface area (Å²) in [6, 6.07) is 12.8. The molecule has 4 aromatic rings. The number of fused-ring (bicyclic) bond motifs is 1. The van der Waals surface area contributed by atoms with E-state index in [1.165, 1.54) is 16.1 Å². The zero-order valence-electron chi connectivity index (χ0n) is 14.0. The number of nitrogens with one attached hydrogen (secondary N) is 1. The second-order valence-corrected chi connectivity index (χ2v) is 8.77. The molecule has 1 aliphatic heterocycles. The van der Waals surface area contributed by atoms with Gasteiger partial charge in [0.1, 0.15) is 5.01 Å². The zero-order chi connectivity index (χ0) is 17.5. The summed E-state index contributed by atoms with van der Waals surface area (Å²) >= 11 is 8.94. The van der Waals surface area contributed by atoms with Crippen LogP contribution in [0.15, 0.2) is 41.8 Å². The molecule has 1 atom stereocenters. The number of para-hydroxylation sites is 1. The third-order valence-electron chi connectivity index (χ3n) is 4.72. The Balaban J connectivity index is 1.42. The fourth-order valence-corrected chi connectivity index (χ4v) is 5.46. The van der Waals surface area contributed by atoms with Crippen molar-refractivity contribution in [1.29, 1.82) is 0 Å². The maximum atomic E-state index is 5.47. The molecule has 5 rings (SSSR count). The lowest BCUT2D eigenvalue weighted by molar-refractivity contribution is 0.190. The van der Waals surface area contributed by atoms with E-state index in [2.05, 4.69) is 44.6 Å². The molecule has 1 aliphatic rings. The Morgan fingerprint density at radius 1 is 1.19 bits per heavy atom. The molecule has 1 saturated heterocycles. The number of hydrogen-bond donors (Lipinski definition) is 1. The Morgan fingerprint density at radius 2 is 2.12 bits per heavy atom. The monoisotopic (exact) mass is 399 g/mol. The molecular weight excluding hydrogens is 382 g/mol. The molecule has 8 heteroatoms. The molecule has 0 radical (unpaired) electrons. The van der Waals surface area contributed by atoms with Gasteiger partial charge in [-0.2, -0.15) is 4.98 Å². The predicted molar refractivity (Wildman–Crippen MR) is 109 cm³/mol. The zero-order valence-corrected chi connectivity index (χ0v) is 16.4. The van der Waals surface area contributed by atoms with Crippen molar-refractivity contribution in [3.05, 3.63) is 51.6 Å². The van der Waals surface area contributed by atoms with Gasteiger partial charge in [0, 0.05) is 6.54 Å². The van der Waals surface area contributed by atoms with E-state index in [-0.39, 0.29) is 0 Å². The van der Waals surface area contributed by atoms with Gasteiger partial charge < -0.3 is 0 Å². The standard InChI is InChI=1S/C18H17N5S3/c24-18-20-16(15-8-4-10-25-15)21-23(18)11-22-9-3-6-13(22)17-19-12-5-1-2-7-14(12)26-17/h1-2,4-5,7-8,10,13H,3,6,9,11H2,(H,20,21,24). The molecular formula is C18H17N5S3. The van der Waals surface area contributed by atoms with Crippen molar-refractivity contribution in [2.24, 2.45) is 0 Å². The number of thiazole rings is 1. The molecule has 1 N–H and O–H groups in total. The molecule has 1 aromatic carbocycles. The predicted octanol–water partition coefficient (Wildman–Crippen LogP) is 5.07. The Kier molecular flexibility index (Phi) is 4.20. The van der Waals surface area contributed by atoms with Gasteiger partial charge in [-0.25, -0.2) is 9.67 Å². The molecule has 3 aromatic heterocycles. The summed E-state index contributed by atoms with van der Waals surface area (Å²) in [5.74, 6) is 0.848.